The normalized spacial score (nSPS) is 29.2. The summed E-state index contributed by atoms with van der Waals surface area (Å²) in [6, 6.07) is -0.472. The van der Waals surface area contributed by atoms with Crippen LogP contribution in [0.25, 0.3) is 0 Å². The number of rotatable bonds is 3. The van der Waals surface area contributed by atoms with Gasteiger partial charge in [0.2, 0.25) is 0 Å². The molecule has 1 saturated heterocycles. The summed E-state index contributed by atoms with van der Waals surface area (Å²) in [4.78, 5) is 0. The predicted molar refractivity (Wildman–Crippen MR) is 47.1 cm³/mol. The van der Waals surface area contributed by atoms with Crippen LogP contribution in [0.15, 0.2) is 0 Å². The van der Waals surface area contributed by atoms with Crippen LogP contribution >= 0.6 is 11.4 Å². The lowest BCUT2D eigenvalue weighted by molar-refractivity contribution is 0.0662. The molecular formula is C7H14F3NOS. The fourth-order valence-electron chi connectivity index (χ4n) is 1.65. The highest BCUT2D eigenvalue weighted by Gasteiger charge is 2.42. The van der Waals surface area contributed by atoms with Crippen molar-refractivity contribution >= 4 is 11.4 Å². The smallest absolute Gasteiger partial charge is 0.278 e. The van der Waals surface area contributed by atoms with Gasteiger partial charge in [0.1, 0.15) is 0 Å². The van der Waals surface area contributed by atoms with Gasteiger partial charge in [-0.25, -0.2) is 0 Å². The molecule has 6 heteroatoms. The van der Waals surface area contributed by atoms with Crippen molar-refractivity contribution < 1.29 is 16.4 Å². The van der Waals surface area contributed by atoms with Gasteiger partial charge in [0.25, 0.3) is 11.4 Å². The minimum Gasteiger partial charge on any atom is -0.380 e. The molecule has 0 aliphatic carbocycles. The van der Waals surface area contributed by atoms with Crippen molar-refractivity contribution in [2.45, 2.75) is 31.9 Å². The summed E-state index contributed by atoms with van der Waals surface area (Å²) >= 11 is -5.05. The molecule has 0 aromatic carbocycles. The van der Waals surface area contributed by atoms with Crippen LogP contribution in [-0.2, 0) is 4.74 Å². The number of methoxy groups -OCH3 is 1. The molecule has 0 radical (unpaired) electrons. The Morgan fingerprint density at radius 1 is 1.46 bits per heavy atom. The van der Waals surface area contributed by atoms with Gasteiger partial charge in [-0.05, 0) is 19.8 Å². The lowest BCUT2D eigenvalue weighted by Crippen LogP contribution is -2.36. The van der Waals surface area contributed by atoms with Crippen molar-refractivity contribution in [1.29, 1.82) is 0 Å². The minimum atomic E-state index is -5.05. The lowest BCUT2D eigenvalue weighted by Gasteiger charge is -2.31. The maximum absolute atomic E-state index is 12.5. The van der Waals surface area contributed by atoms with E-state index < -0.39 is 17.4 Å². The Labute approximate surface area is 78.4 Å². The predicted octanol–water partition coefficient (Wildman–Crippen LogP) is 2.86. The maximum Gasteiger partial charge on any atom is 0.278 e. The summed E-state index contributed by atoms with van der Waals surface area (Å²) in [6.07, 6.45) is 0.864. The van der Waals surface area contributed by atoms with Crippen LogP contribution in [0.3, 0.4) is 0 Å². The van der Waals surface area contributed by atoms with E-state index in [0.717, 1.165) is 0 Å². The highest BCUT2D eigenvalue weighted by molar-refractivity contribution is 8.18. The molecule has 2 atom stereocenters. The van der Waals surface area contributed by atoms with Crippen LogP contribution in [-0.4, -0.2) is 30.1 Å². The van der Waals surface area contributed by atoms with Crippen LogP contribution < -0.4 is 0 Å². The largest absolute Gasteiger partial charge is 0.380 e. The third kappa shape index (κ3) is 2.51. The first-order valence-corrected chi connectivity index (χ1v) is 5.47. The van der Waals surface area contributed by atoms with Gasteiger partial charge in [-0.1, -0.05) is 0 Å². The number of halogens is 3. The highest BCUT2D eigenvalue weighted by atomic mass is 32.3. The lowest BCUT2D eigenvalue weighted by atomic mass is 10.1. The van der Waals surface area contributed by atoms with Gasteiger partial charge < -0.3 is 4.74 Å². The summed E-state index contributed by atoms with van der Waals surface area (Å²) < 4.78 is 43.0. The van der Waals surface area contributed by atoms with E-state index in [9.17, 15) is 11.7 Å². The SMILES string of the molecule is COC(C)[C@@H]1CCCN1S(F)(F)F. The zero-order valence-electron chi connectivity index (χ0n) is 7.67. The van der Waals surface area contributed by atoms with Gasteiger partial charge in [0, 0.05) is 13.7 Å². The summed E-state index contributed by atoms with van der Waals surface area (Å²) in [5.41, 5.74) is 0. The Bertz CT molecular complexity index is 176. The second-order valence-electron chi connectivity index (χ2n) is 3.17. The third-order valence-electron chi connectivity index (χ3n) is 2.43. The molecule has 1 aliphatic heterocycles. The molecule has 13 heavy (non-hydrogen) atoms. The molecule has 0 spiro atoms. The van der Waals surface area contributed by atoms with E-state index in [0.29, 0.717) is 17.1 Å². The van der Waals surface area contributed by atoms with Crippen LogP contribution in [0.2, 0.25) is 0 Å². The molecule has 2 nitrogen and oxygen atoms in total. The number of nitrogens with zero attached hydrogens (tertiary/aromatic N) is 1. The van der Waals surface area contributed by atoms with Crippen LogP contribution in [0.4, 0.5) is 11.7 Å². The van der Waals surface area contributed by atoms with E-state index in [2.05, 4.69) is 0 Å². The van der Waals surface area contributed by atoms with Gasteiger partial charge in [0.15, 0.2) is 0 Å². The molecule has 0 amide bonds. The Kier molecular flexibility index (Phi) is 3.48. The van der Waals surface area contributed by atoms with Crippen molar-refractivity contribution in [3.63, 3.8) is 0 Å². The monoisotopic (exact) mass is 217 g/mol. The quantitative estimate of drug-likeness (QED) is 0.720. The molecule has 0 N–H and O–H groups in total. The molecule has 0 bridgehead atoms. The van der Waals surface area contributed by atoms with Crippen molar-refractivity contribution in [2.24, 2.45) is 0 Å². The van der Waals surface area contributed by atoms with Gasteiger partial charge >= 0.3 is 0 Å². The standard InChI is InChI=1S/C7H14F3NOS/c1-6(12-2)7-4-3-5-11(7)13(8,9)10/h6-7H,3-5H2,1-2H3/t6?,7-/m0/s1. The van der Waals surface area contributed by atoms with Crippen LogP contribution in [0.1, 0.15) is 19.8 Å². The summed E-state index contributed by atoms with van der Waals surface area (Å²) in [5, 5.41) is 0. The minimum absolute atomic E-state index is 0.136. The molecule has 1 heterocycles. The zero-order chi connectivity index (χ0) is 10.1. The first-order chi connectivity index (χ1) is 5.96. The van der Waals surface area contributed by atoms with E-state index >= 15 is 0 Å². The van der Waals surface area contributed by atoms with Crippen molar-refractivity contribution in [3.8, 4) is 0 Å². The first-order valence-electron chi connectivity index (χ1n) is 4.18. The molecule has 1 rings (SSSR count). The topological polar surface area (TPSA) is 12.5 Å². The molecular weight excluding hydrogens is 203 g/mol. The third-order valence-corrected chi connectivity index (χ3v) is 3.41. The fourth-order valence-corrected chi connectivity index (χ4v) is 2.57. The average molecular weight is 217 g/mol. The molecule has 0 saturated carbocycles. The molecule has 80 valence electrons. The van der Waals surface area contributed by atoms with E-state index in [4.69, 9.17) is 4.74 Å². The average Bonchev–Trinajstić information content (AvgIpc) is 2.49. The molecule has 0 aromatic heterocycles. The first kappa shape index (κ1) is 11.1. The maximum atomic E-state index is 12.5. The molecule has 0 aromatic rings. The van der Waals surface area contributed by atoms with Gasteiger partial charge in [-0.3, -0.25) is 0 Å². The number of hydrogen-bond donors (Lipinski definition) is 0. The molecule has 1 unspecified atom stereocenters. The van der Waals surface area contributed by atoms with Crippen LogP contribution in [0, 0.1) is 0 Å². The molecule has 1 aliphatic rings. The number of hydrogen-bond acceptors (Lipinski definition) is 2. The second kappa shape index (κ2) is 4.06. The van der Waals surface area contributed by atoms with Crippen molar-refractivity contribution in [2.75, 3.05) is 13.7 Å². The fraction of sp³-hybridized carbons (Fsp3) is 1.00. The van der Waals surface area contributed by atoms with Gasteiger partial charge in [0.05, 0.1) is 12.1 Å². The van der Waals surface area contributed by atoms with Gasteiger partial charge in [-0.15, -0.1) is 11.7 Å². The Morgan fingerprint density at radius 3 is 2.54 bits per heavy atom. The van der Waals surface area contributed by atoms with Crippen molar-refractivity contribution in [3.05, 3.63) is 0 Å². The summed E-state index contributed by atoms with van der Waals surface area (Å²) in [7, 11) is 1.45. The molecule has 1 fully saturated rings. The highest BCUT2D eigenvalue weighted by Crippen LogP contribution is 2.59. The zero-order valence-corrected chi connectivity index (χ0v) is 8.49. The Morgan fingerprint density at radius 2 is 2.08 bits per heavy atom. The van der Waals surface area contributed by atoms with E-state index in [1.165, 1.54) is 7.11 Å². The van der Waals surface area contributed by atoms with E-state index in [1.807, 2.05) is 0 Å². The van der Waals surface area contributed by atoms with E-state index in [-0.39, 0.29) is 12.6 Å². The Hall–Kier alpha value is 0.0600. The van der Waals surface area contributed by atoms with Crippen molar-refractivity contribution in [1.82, 2.24) is 4.31 Å². The van der Waals surface area contributed by atoms with Gasteiger partial charge in [-0.2, -0.15) is 4.31 Å². The Balaban J connectivity index is 2.64. The summed E-state index contributed by atoms with van der Waals surface area (Å²) in [5.74, 6) is 0. The van der Waals surface area contributed by atoms with Crippen LogP contribution in [0.5, 0.6) is 0 Å². The number of ether oxygens (including phenoxy) is 1. The summed E-state index contributed by atoms with van der Waals surface area (Å²) in [6.45, 7) is 1.82. The van der Waals surface area contributed by atoms with E-state index in [1.54, 1.807) is 6.92 Å². The second-order valence-corrected chi connectivity index (χ2v) is 4.41.